The predicted octanol–water partition coefficient (Wildman–Crippen LogP) is 0.401. The van der Waals surface area contributed by atoms with Crippen molar-refractivity contribution in [2.45, 2.75) is 17.9 Å². The average molecular weight is 288 g/mol. The van der Waals surface area contributed by atoms with E-state index in [9.17, 15) is 12.8 Å². The zero-order valence-corrected chi connectivity index (χ0v) is 11.5. The fourth-order valence-electron chi connectivity index (χ4n) is 1.90. The van der Waals surface area contributed by atoms with Gasteiger partial charge >= 0.3 is 0 Å². The lowest BCUT2D eigenvalue weighted by Crippen LogP contribution is -2.48. The maximum atomic E-state index is 13.1. The predicted molar refractivity (Wildman–Crippen MR) is 68.9 cm³/mol. The molecule has 1 fully saturated rings. The Labute approximate surface area is 112 Å². The van der Waals surface area contributed by atoms with Crippen LogP contribution in [-0.2, 0) is 14.8 Å². The first kappa shape index (κ1) is 14.4. The molecule has 5 nitrogen and oxygen atoms in total. The zero-order valence-electron chi connectivity index (χ0n) is 10.6. The first-order chi connectivity index (χ1) is 8.99. The number of nitrogens with one attached hydrogen (secondary N) is 2. The molecular formula is C12H17FN2O3S. The zero-order chi connectivity index (χ0) is 13.9. The van der Waals surface area contributed by atoms with Crippen molar-refractivity contribution in [3.8, 4) is 0 Å². The number of halogens is 1. The van der Waals surface area contributed by atoms with Crippen molar-refractivity contribution in [2.24, 2.45) is 0 Å². The molecule has 1 aromatic carbocycles. The van der Waals surface area contributed by atoms with Gasteiger partial charge in [-0.05, 0) is 24.6 Å². The third-order valence-electron chi connectivity index (χ3n) is 2.96. The van der Waals surface area contributed by atoms with Crippen LogP contribution in [-0.4, -0.2) is 40.8 Å². The fourth-order valence-corrected chi connectivity index (χ4v) is 3.24. The molecule has 2 rings (SSSR count). The van der Waals surface area contributed by atoms with Gasteiger partial charge in [-0.1, -0.05) is 6.07 Å². The maximum absolute atomic E-state index is 13.1. The van der Waals surface area contributed by atoms with E-state index in [1.807, 2.05) is 0 Å². The molecule has 1 saturated heterocycles. The molecule has 0 amide bonds. The molecule has 0 radical (unpaired) electrons. The number of aryl methyl sites for hydroxylation is 1. The molecule has 2 N–H and O–H groups in total. The number of benzene rings is 1. The number of ether oxygens (including phenoxy) is 1. The monoisotopic (exact) mass is 288 g/mol. The molecular weight excluding hydrogens is 271 g/mol. The molecule has 0 spiro atoms. The van der Waals surface area contributed by atoms with E-state index in [0.29, 0.717) is 25.3 Å². The molecule has 19 heavy (non-hydrogen) atoms. The minimum atomic E-state index is -3.70. The standard InChI is InChI=1S/C12H17FN2O3S/c1-9-2-3-10(13)6-12(9)19(16,17)15-7-11-8-18-5-4-14-11/h2-3,6,11,14-15H,4-5,7-8H2,1H3. The number of rotatable bonds is 4. The van der Waals surface area contributed by atoms with E-state index in [0.717, 1.165) is 6.07 Å². The van der Waals surface area contributed by atoms with Gasteiger partial charge in [-0.25, -0.2) is 17.5 Å². The molecule has 7 heteroatoms. The summed E-state index contributed by atoms with van der Waals surface area (Å²) < 4.78 is 45.1. The number of hydrogen-bond donors (Lipinski definition) is 2. The van der Waals surface area contributed by atoms with Crippen molar-refractivity contribution in [1.82, 2.24) is 10.0 Å². The van der Waals surface area contributed by atoms with E-state index in [-0.39, 0.29) is 17.5 Å². The molecule has 0 saturated carbocycles. The van der Waals surface area contributed by atoms with E-state index in [4.69, 9.17) is 4.74 Å². The highest BCUT2D eigenvalue weighted by atomic mass is 32.2. The smallest absolute Gasteiger partial charge is 0.240 e. The summed E-state index contributed by atoms with van der Waals surface area (Å²) in [5.41, 5.74) is 0.516. The van der Waals surface area contributed by atoms with Crippen LogP contribution in [0, 0.1) is 12.7 Å². The Kier molecular flexibility index (Phi) is 4.51. The van der Waals surface area contributed by atoms with Crippen LogP contribution in [0.4, 0.5) is 4.39 Å². The van der Waals surface area contributed by atoms with Crippen molar-refractivity contribution in [2.75, 3.05) is 26.3 Å². The summed E-state index contributed by atoms with van der Waals surface area (Å²) in [5.74, 6) is -0.565. The fraction of sp³-hybridized carbons (Fsp3) is 0.500. The van der Waals surface area contributed by atoms with Crippen molar-refractivity contribution in [3.05, 3.63) is 29.6 Å². The normalized spacial score (nSPS) is 20.4. The van der Waals surface area contributed by atoms with Crippen LogP contribution in [0.15, 0.2) is 23.1 Å². The minimum absolute atomic E-state index is 0.0239. The lowest BCUT2D eigenvalue weighted by atomic mass is 10.2. The highest BCUT2D eigenvalue weighted by Crippen LogP contribution is 2.16. The minimum Gasteiger partial charge on any atom is -0.378 e. The second-order valence-corrected chi connectivity index (χ2v) is 6.22. The molecule has 0 aliphatic carbocycles. The lowest BCUT2D eigenvalue weighted by Gasteiger charge is -2.24. The van der Waals surface area contributed by atoms with E-state index >= 15 is 0 Å². The summed E-state index contributed by atoms with van der Waals surface area (Å²) in [6.07, 6.45) is 0. The topological polar surface area (TPSA) is 67.4 Å². The Bertz CT molecular complexity index is 542. The molecule has 106 valence electrons. The van der Waals surface area contributed by atoms with E-state index in [1.165, 1.54) is 12.1 Å². The van der Waals surface area contributed by atoms with Crippen LogP contribution in [0.3, 0.4) is 0 Å². The Morgan fingerprint density at radius 2 is 2.32 bits per heavy atom. The number of morpholine rings is 1. The van der Waals surface area contributed by atoms with Crippen molar-refractivity contribution < 1.29 is 17.5 Å². The Morgan fingerprint density at radius 3 is 3.00 bits per heavy atom. The van der Waals surface area contributed by atoms with Gasteiger partial charge in [0.15, 0.2) is 0 Å². The van der Waals surface area contributed by atoms with Gasteiger partial charge < -0.3 is 10.1 Å². The third kappa shape index (κ3) is 3.73. The first-order valence-electron chi connectivity index (χ1n) is 6.06. The van der Waals surface area contributed by atoms with Gasteiger partial charge in [-0.15, -0.1) is 0 Å². The van der Waals surface area contributed by atoms with Crippen molar-refractivity contribution in [1.29, 1.82) is 0 Å². The van der Waals surface area contributed by atoms with Crippen LogP contribution in [0.5, 0.6) is 0 Å². The molecule has 1 aliphatic heterocycles. The average Bonchev–Trinajstić information content (AvgIpc) is 2.40. The largest absolute Gasteiger partial charge is 0.378 e. The van der Waals surface area contributed by atoms with E-state index < -0.39 is 15.8 Å². The Morgan fingerprint density at radius 1 is 1.53 bits per heavy atom. The number of hydrogen-bond acceptors (Lipinski definition) is 4. The third-order valence-corrected chi connectivity index (χ3v) is 4.52. The summed E-state index contributed by atoms with van der Waals surface area (Å²) in [6, 6.07) is 3.66. The van der Waals surface area contributed by atoms with Gasteiger partial charge in [0.25, 0.3) is 0 Å². The molecule has 1 heterocycles. The number of sulfonamides is 1. The van der Waals surface area contributed by atoms with Crippen molar-refractivity contribution >= 4 is 10.0 Å². The molecule has 1 atom stereocenters. The maximum Gasteiger partial charge on any atom is 0.240 e. The Balaban J connectivity index is 2.07. The van der Waals surface area contributed by atoms with Crippen LogP contribution in [0.2, 0.25) is 0 Å². The highest BCUT2D eigenvalue weighted by Gasteiger charge is 2.20. The van der Waals surface area contributed by atoms with Gasteiger partial charge in [0.1, 0.15) is 5.82 Å². The SMILES string of the molecule is Cc1ccc(F)cc1S(=O)(=O)NCC1COCCN1. The van der Waals surface area contributed by atoms with Gasteiger partial charge in [0.2, 0.25) is 10.0 Å². The highest BCUT2D eigenvalue weighted by molar-refractivity contribution is 7.89. The van der Waals surface area contributed by atoms with Crippen molar-refractivity contribution in [3.63, 3.8) is 0 Å². The second kappa shape index (κ2) is 5.96. The van der Waals surface area contributed by atoms with E-state index in [2.05, 4.69) is 10.0 Å². The summed E-state index contributed by atoms with van der Waals surface area (Å²) in [4.78, 5) is -0.0239. The van der Waals surface area contributed by atoms with Gasteiger partial charge in [0.05, 0.1) is 18.1 Å². The van der Waals surface area contributed by atoms with Gasteiger partial charge in [0, 0.05) is 19.1 Å². The molecule has 0 aromatic heterocycles. The van der Waals surface area contributed by atoms with E-state index in [1.54, 1.807) is 6.92 Å². The van der Waals surface area contributed by atoms with Crippen LogP contribution >= 0.6 is 0 Å². The summed E-state index contributed by atoms with van der Waals surface area (Å²) in [7, 11) is -3.70. The summed E-state index contributed by atoms with van der Waals surface area (Å²) >= 11 is 0. The molecule has 1 unspecified atom stereocenters. The summed E-state index contributed by atoms with van der Waals surface area (Å²) in [5, 5.41) is 3.14. The molecule has 1 aliphatic rings. The summed E-state index contributed by atoms with van der Waals surface area (Å²) in [6.45, 7) is 3.65. The molecule has 0 bridgehead atoms. The molecule has 1 aromatic rings. The van der Waals surface area contributed by atoms with Crippen LogP contribution in [0.25, 0.3) is 0 Å². The first-order valence-corrected chi connectivity index (χ1v) is 7.54. The lowest BCUT2D eigenvalue weighted by molar-refractivity contribution is 0.0784. The quantitative estimate of drug-likeness (QED) is 0.841. The second-order valence-electron chi connectivity index (χ2n) is 4.49. The van der Waals surface area contributed by atoms with Crippen LogP contribution < -0.4 is 10.0 Å². The van der Waals surface area contributed by atoms with Gasteiger partial charge in [-0.2, -0.15) is 0 Å². The Hall–Kier alpha value is -1.02. The van der Waals surface area contributed by atoms with Crippen LogP contribution in [0.1, 0.15) is 5.56 Å². The van der Waals surface area contributed by atoms with Gasteiger partial charge in [-0.3, -0.25) is 0 Å².